The van der Waals surface area contributed by atoms with Crippen LogP contribution < -0.4 is 5.32 Å². The van der Waals surface area contributed by atoms with E-state index in [4.69, 9.17) is 0 Å². The van der Waals surface area contributed by atoms with Gasteiger partial charge in [-0.1, -0.05) is 0 Å². The van der Waals surface area contributed by atoms with Crippen molar-refractivity contribution in [2.24, 2.45) is 0 Å². The third-order valence-corrected chi connectivity index (χ3v) is 4.48. The molecule has 1 aliphatic heterocycles. The van der Waals surface area contributed by atoms with Gasteiger partial charge in [0, 0.05) is 44.0 Å². The smallest absolute Gasteiger partial charge is 0.224 e. The molecule has 0 aromatic carbocycles. The van der Waals surface area contributed by atoms with Crippen molar-refractivity contribution in [1.29, 1.82) is 0 Å². The van der Waals surface area contributed by atoms with Crippen LogP contribution in [0.5, 0.6) is 0 Å². The number of hydrogen-bond donors (Lipinski definition) is 2. The first-order valence-electron chi connectivity index (χ1n) is 8.98. The molecular weight excluding hydrogens is 318 g/mol. The molecule has 2 heterocycles. The highest BCUT2D eigenvalue weighted by atomic mass is 16.3. The summed E-state index contributed by atoms with van der Waals surface area (Å²) < 4.78 is 0. The Morgan fingerprint density at radius 1 is 1.28 bits per heavy atom. The topological polar surface area (TPSA) is 81.6 Å². The summed E-state index contributed by atoms with van der Waals surface area (Å²) in [4.78, 5) is 25.0. The van der Waals surface area contributed by atoms with Gasteiger partial charge in [0.25, 0.3) is 0 Å². The molecule has 1 saturated heterocycles. The van der Waals surface area contributed by atoms with Gasteiger partial charge in [-0.2, -0.15) is 0 Å². The monoisotopic (exact) mass is 349 g/mol. The Balaban J connectivity index is 1.80. The molecule has 7 nitrogen and oxygen atoms in total. The maximum atomic E-state index is 12.5. The summed E-state index contributed by atoms with van der Waals surface area (Å²) in [7, 11) is 3.93. The number of carbonyl (C=O) groups is 1. The molecule has 140 valence electrons. The van der Waals surface area contributed by atoms with Crippen LogP contribution in [-0.4, -0.2) is 76.7 Å². The van der Waals surface area contributed by atoms with Crippen molar-refractivity contribution in [1.82, 2.24) is 19.8 Å². The lowest BCUT2D eigenvalue weighted by atomic mass is 9.94. The van der Waals surface area contributed by atoms with Crippen LogP contribution in [0.1, 0.15) is 37.1 Å². The molecule has 25 heavy (non-hydrogen) atoms. The second kappa shape index (κ2) is 8.58. The average molecular weight is 349 g/mol. The van der Waals surface area contributed by atoms with Gasteiger partial charge in [0.15, 0.2) is 0 Å². The highest BCUT2D eigenvalue weighted by Gasteiger charge is 2.31. The standard InChI is InChI=1S/C18H31N5O2/c1-14-12-15(2)21-17(20-14)19-9-6-16(24)23-10-5-7-18(25,8-11-23)13-22(3)4/h12,25H,5-11,13H2,1-4H3,(H,19,20,21)/t18-/m0/s1. The molecule has 0 unspecified atom stereocenters. The summed E-state index contributed by atoms with van der Waals surface area (Å²) in [5, 5.41) is 13.8. The zero-order valence-corrected chi connectivity index (χ0v) is 15.9. The van der Waals surface area contributed by atoms with E-state index in [1.807, 2.05) is 43.8 Å². The normalized spacial score (nSPS) is 21.3. The highest BCUT2D eigenvalue weighted by molar-refractivity contribution is 5.76. The number of aliphatic hydroxyl groups is 1. The van der Waals surface area contributed by atoms with Crippen molar-refractivity contribution < 1.29 is 9.90 Å². The zero-order chi connectivity index (χ0) is 18.4. The number of carbonyl (C=O) groups excluding carboxylic acids is 1. The quantitative estimate of drug-likeness (QED) is 0.803. The zero-order valence-electron chi connectivity index (χ0n) is 15.9. The summed E-state index contributed by atoms with van der Waals surface area (Å²) in [6, 6.07) is 1.92. The number of nitrogens with zero attached hydrogens (tertiary/aromatic N) is 4. The Labute approximate surface area is 150 Å². The number of amides is 1. The van der Waals surface area contributed by atoms with Gasteiger partial charge < -0.3 is 20.2 Å². The van der Waals surface area contributed by atoms with Crippen molar-refractivity contribution >= 4 is 11.9 Å². The Hall–Kier alpha value is -1.73. The number of aromatic nitrogens is 2. The Bertz CT molecular complexity index is 573. The number of likely N-dealkylation sites (tertiary alicyclic amines) is 1. The summed E-state index contributed by atoms with van der Waals surface area (Å²) in [5.74, 6) is 0.688. The molecule has 0 aliphatic carbocycles. The maximum absolute atomic E-state index is 12.5. The van der Waals surface area contributed by atoms with Crippen LogP contribution in [0, 0.1) is 13.8 Å². The molecule has 1 aromatic heterocycles. The first-order chi connectivity index (χ1) is 11.8. The molecule has 7 heteroatoms. The van der Waals surface area contributed by atoms with Crippen LogP contribution in [0.2, 0.25) is 0 Å². The fourth-order valence-corrected chi connectivity index (χ4v) is 3.42. The highest BCUT2D eigenvalue weighted by Crippen LogP contribution is 2.23. The van der Waals surface area contributed by atoms with Crippen molar-refractivity contribution in [2.45, 2.75) is 45.1 Å². The molecule has 1 atom stereocenters. The van der Waals surface area contributed by atoms with Gasteiger partial charge in [-0.05, 0) is 53.3 Å². The number of nitrogens with one attached hydrogen (secondary N) is 1. The maximum Gasteiger partial charge on any atom is 0.224 e. The van der Waals surface area contributed by atoms with E-state index in [2.05, 4.69) is 15.3 Å². The van der Waals surface area contributed by atoms with Gasteiger partial charge in [0.05, 0.1) is 5.60 Å². The van der Waals surface area contributed by atoms with Crippen molar-refractivity contribution in [3.63, 3.8) is 0 Å². The minimum Gasteiger partial charge on any atom is -0.388 e. The lowest BCUT2D eigenvalue weighted by Crippen LogP contribution is -2.41. The predicted octanol–water partition coefficient (Wildman–Crippen LogP) is 1.20. The van der Waals surface area contributed by atoms with E-state index in [1.165, 1.54) is 0 Å². The molecular formula is C18H31N5O2. The Kier molecular flexibility index (Phi) is 6.72. The van der Waals surface area contributed by atoms with Crippen LogP contribution in [0.25, 0.3) is 0 Å². The van der Waals surface area contributed by atoms with E-state index in [9.17, 15) is 9.90 Å². The summed E-state index contributed by atoms with van der Waals surface area (Å²) >= 11 is 0. The fourth-order valence-electron chi connectivity index (χ4n) is 3.42. The van der Waals surface area contributed by atoms with E-state index >= 15 is 0 Å². The fraction of sp³-hybridized carbons (Fsp3) is 0.722. The number of aryl methyl sites for hydroxylation is 2. The molecule has 0 spiro atoms. The number of hydrogen-bond acceptors (Lipinski definition) is 6. The van der Waals surface area contributed by atoms with Crippen molar-refractivity contribution in [3.8, 4) is 0 Å². The SMILES string of the molecule is Cc1cc(C)nc(NCCC(=O)N2CCC[C@@](O)(CN(C)C)CC2)n1. The molecule has 2 N–H and O–H groups in total. The van der Waals surface area contributed by atoms with E-state index in [1.54, 1.807) is 0 Å². The number of rotatable bonds is 6. The lowest BCUT2D eigenvalue weighted by Gasteiger charge is -2.30. The molecule has 1 aromatic rings. The summed E-state index contributed by atoms with van der Waals surface area (Å²) in [5.41, 5.74) is 1.13. The minimum absolute atomic E-state index is 0.117. The molecule has 0 bridgehead atoms. The Morgan fingerprint density at radius 2 is 1.96 bits per heavy atom. The van der Waals surface area contributed by atoms with Crippen LogP contribution in [0.15, 0.2) is 6.07 Å². The van der Waals surface area contributed by atoms with Crippen LogP contribution in [0.4, 0.5) is 5.95 Å². The van der Waals surface area contributed by atoms with Gasteiger partial charge >= 0.3 is 0 Å². The van der Waals surface area contributed by atoms with Crippen molar-refractivity contribution in [2.75, 3.05) is 45.6 Å². The molecule has 1 amide bonds. The number of anilines is 1. The van der Waals surface area contributed by atoms with Gasteiger partial charge in [-0.3, -0.25) is 4.79 Å². The second-order valence-corrected chi connectivity index (χ2v) is 7.35. The number of likely N-dealkylation sites (N-methyl/N-ethyl adjacent to an activating group) is 1. The van der Waals surface area contributed by atoms with E-state index in [0.29, 0.717) is 45.0 Å². The van der Waals surface area contributed by atoms with Crippen LogP contribution >= 0.6 is 0 Å². The molecule has 1 fully saturated rings. The van der Waals surface area contributed by atoms with Gasteiger partial charge in [0.1, 0.15) is 0 Å². The first-order valence-corrected chi connectivity index (χ1v) is 8.98. The largest absolute Gasteiger partial charge is 0.388 e. The molecule has 1 aliphatic rings. The van der Waals surface area contributed by atoms with E-state index in [0.717, 1.165) is 24.2 Å². The molecule has 0 saturated carbocycles. The van der Waals surface area contributed by atoms with Gasteiger partial charge in [-0.15, -0.1) is 0 Å². The van der Waals surface area contributed by atoms with E-state index in [-0.39, 0.29) is 5.91 Å². The average Bonchev–Trinajstić information content (AvgIpc) is 2.67. The van der Waals surface area contributed by atoms with Crippen molar-refractivity contribution in [3.05, 3.63) is 17.5 Å². The van der Waals surface area contributed by atoms with Gasteiger partial charge in [0.2, 0.25) is 11.9 Å². The lowest BCUT2D eigenvalue weighted by molar-refractivity contribution is -0.131. The van der Waals surface area contributed by atoms with Crippen LogP contribution in [0.3, 0.4) is 0 Å². The molecule has 2 rings (SSSR count). The Morgan fingerprint density at radius 3 is 2.60 bits per heavy atom. The third kappa shape index (κ3) is 6.25. The van der Waals surface area contributed by atoms with Crippen LogP contribution in [-0.2, 0) is 4.79 Å². The first kappa shape index (κ1) is 19.6. The van der Waals surface area contributed by atoms with E-state index < -0.39 is 5.60 Å². The summed E-state index contributed by atoms with van der Waals surface area (Å²) in [6.07, 6.45) is 2.61. The molecule has 0 radical (unpaired) electrons. The van der Waals surface area contributed by atoms with Gasteiger partial charge in [-0.25, -0.2) is 9.97 Å². The minimum atomic E-state index is -0.691. The second-order valence-electron chi connectivity index (χ2n) is 7.35. The summed E-state index contributed by atoms with van der Waals surface area (Å²) in [6.45, 7) is 6.34. The third-order valence-electron chi connectivity index (χ3n) is 4.48. The predicted molar refractivity (Wildman–Crippen MR) is 98.5 cm³/mol.